The molecular weight excluding hydrogens is 318 g/mol. The highest BCUT2D eigenvalue weighted by Crippen LogP contribution is 2.22. The number of rotatable bonds is 5. The molecule has 7 heteroatoms. The van der Waals surface area contributed by atoms with Crippen LogP contribution in [0.1, 0.15) is 38.3 Å². The van der Waals surface area contributed by atoms with Crippen LogP contribution in [0.15, 0.2) is 18.2 Å². The second-order valence-corrected chi connectivity index (χ2v) is 6.08. The number of aliphatic hydroxyl groups excluding tert-OH is 1. The number of morpholine rings is 1. The van der Waals surface area contributed by atoms with Gasteiger partial charge in [-0.15, -0.1) is 0 Å². The normalized spacial score (nSPS) is 20.5. The zero-order valence-electron chi connectivity index (χ0n) is 14.0. The molecule has 1 fully saturated rings. The highest BCUT2D eigenvalue weighted by molar-refractivity contribution is 5.75. The van der Waals surface area contributed by atoms with Crippen LogP contribution in [-0.4, -0.2) is 47.9 Å². The molecule has 1 aliphatic rings. The minimum Gasteiger partial charge on any atom is -0.393 e. The van der Waals surface area contributed by atoms with Crippen molar-refractivity contribution in [2.24, 2.45) is 0 Å². The van der Waals surface area contributed by atoms with Crippen LogP contribution in [0, 0.1) is 11.6 Å². The van der Waals surface area contributed by atoms with Crippen LogP contribution in [-0.2, 0) is 4.74 Å². The summed E-state index contributed by atoms with van der Waals surface area (Å²) in [6, 6.07) is 2.24. The van der Waals surface area contributed by atoms with E-state index in [1.807, 2.05) is 6.92 Å². The van der Waals surface area contributed by atoms with Crippen LogP contribution in [0.4, 0.5) is 13.6 Å². The zero-order valence-corrected chi connectivity index (χ0v) is 14.0. The summed E-state index contributed by atoms with van der Waals surface area (Å²) < 4.78 is 32.4. The molecule has 0 bridgehead atoms. The first kappa shape index (κ1) is 18.6. The lowest BCUT2D eigenvalue weighted by atomic mass is 10.0. The molecule has 2 N–H and O–H groups in total. The molecule has 5 nitrogen and oxygen atoms in total. The average Bonchev–Trinajstić information content (AvgIpc) is 2.53. The van der Waals surface area contributed by atoms with Gasteiger partial charge in [-0.25, -0.2) is 13.6 Å². The van der Waals surface area contributed by atoms with Crippen molar-refractivity contribution in [3.63, 3.8) is 0 Å². The fraction of sp³-hybridized carbons (Fsp3) is 0.588. The topological polar surface area (TPSA) is 61.8 Å². The van der Waals surface area contributed by atoms with E-state index in [4.69, 9.17) is 4.74 Å². The predicted octanol–water partition coefficient (Wildman–Crippen LogP) is 2.60. The molecule has 24 heavy (non-hydrogen) atoms. The van der Waals surface area contributed by atoms with Crippen molar-refractivity contribution < 1.29 is 23.4 Å². The van der Waals surface area contributed by atoms with Gasteiger partial charge in [-0.1, -0.05) is 13.0 Å². The first-order chi connectivity index (χ1) is 11.4. The molecule has 1 heterocycles. The van der Waals surface area contributed by atoms with Crippen molar-refractivity contribution in [3.05, 3.63) is 35.4 Å². The van der Waals surface area contributed by atoms with Crippen molar-refractivity contribution in [3.8, 4) is 0 Å². The molecule has 0 radical (unpaired) electrons. The van der Waals surface area contributed by atoms with Gasteiger partial charge in [0.05, 0.1) is 31.4 Å². The van der Waals surface area contributed by atoms with E-state index < -0.39 is 23.8 Å². The summed E-state index contributed by atoms with van der Waals surface area (Å²) in [5.74, 6) is -1.33. The minimum absolute atomic E-state index is 0.227. The van der Waals surface area contributed by atoms with Crippen molar-refractivity contribution in [1.82, 2.24) is 10.2 Å². The maximum Gasteiger partial charge on any atom is 0.318 e. The van der Waals surface area contributed by atoms with Gasteiger partial charge in [0.1, 0.15) is 11.6 Å². The van der Waals surface area contributed by atoms with Gasteiger partial charge >= 0.3 is 6.03 Å². The Labute approximate surface area is 140 Å². The molecule has 2 amide bonds. The van der Waals surface area contributed by atoms with E-state index in [0.717, 1.165) is 6.07 Å². The van der Waals surface area contributed by atoms with Crippen molar-refractivity contribution in [2.45, 2.75) is 44.9 Å². The van der Waals surface area contributed by atoms with Gasteiger partial charge in [0.15, 0.2) is 0 Å². The fourth-order valence-corrected chi connectivity index (χ4v) is 2.93. The number of hydrogen-bond donors (Lipinski definition) is 2. The number of aliphatic hydroxyl groups is 1. The number of carbonyl (C=O) groups is 1. The minimum atomic E-state index is -0.676. The molecule has 3 atom stereocenters. The number of benzene rings is 1. The summed E-state index contributed by atoms with van der Waals surface area (Å²) in [4.78, 5) is 14.2. The van der Waals surface area contributed by atoms with E-state index in [2.05, 4.69) is 5.32 Å². The number of hydrogen-bond acceptors (Lipinski definition) is 3. The molecule has 1 saturated heterocycles. The predicted molar refractivity (Wildman–Crippen MR) is 85.5 cm³/mol. The summed E-state index contributed by atoms with van der Waals surface area (Å²) >= 11 is 0. The molecule has 1 aromatic rings. The Bertz CT molecular complexity index is 569. The number of amides is 2. The number of ether oxygens (including phenoxy) is 1. The fourth-order valence-electron chi connectivity index (χ4n) is 2.93. The Morgan fingerprint density at radius 1 is 1.50 bits per heavy atom. The molecule has 0 unspecified atom stereocenters. The third-order valence-corrected chi connectivity index (χ3v) is 4.15. The van der Waals surface area contributed by atoms with Crippen LogP contribution in [0.5, 0.6) is 0 Å². The second-order valence-electron chi connectivity index (χ2n) is 6.08. The van der Waals surface area contributed by atoms with Crippen molar-refractivity contribution >= 4 is 6.03 Å². The van der Waals surface area contributed by atoms with Gasteiger partial charge in [-0.2, -0.15) is 0 Å². The summed E-state index contributed by atoms with van der Waals surface area (Å²) in [6.45, 7) is 4.67. The highest BCUT2D eigenvalue weighted by Gasteiger charge is 2.30. The summed E-state index contributed by atoms with van der Waals surface area (Å²) in [5, 5.41) is 12.4. The Morgan fingerprint density at radius 3 is 2.88 bits per heavy atom. The smallest absolute Gasteiger partial charge is 0.318 e. The molecule has 1 aromatic carbocycles. The lowest BCUT2D eigenvalue weighted by molar-refractivity contribution is -0.00487. The number of carbonyl (C=O) groups excluding carboxylic acids is 1. The van der Waals surface area contributed by atoms with E-state index >= 15 is 0 Å². The van der Waals surface area contributed by atoms with Gasteiger partial charge in [0.2, 0.25) is 0 Å². The molecule has 0 spiro atoms. The lowest BCUT2D eigenvalue weighted by Gasteiger charge is -2.37. The van der Waals surface area contributed by atoms with E-state index in [1.54, 1.807) is 11.8 Å². The van der Waals surface area contributed by atoms with Crippen LogP contribution in [0.2, 0.25) is 0 Å². The van der Waals surface area contributed by atoms with Crippen molar-refractivity contribution in [2.75, 3.05) is 19.8 Å². The Hall–Kier alpha value is -1.73. The summed E-state index contributed by atoms with van der Waals surface area (Å²) in [7, 11) is 0. The standard InChI is InChI=1S/C17H24F2N2O3/c1-3-16(14-5-4-12(18)9-15(14)19)20-17(23)21-6-7-24-10-13(21)8-11(2)22/h4-5,9,11,13,16,22H,3,6-8,10H2,1-2H3,(H,20,23)/t11-,13-,16-/m0/s1. The number of urea groups is 1. The third kappa shape index (κ3) is 4.64. The largest absolute Gasteiger partial charge is 0.393 e. The van der Waals surface area contributed by atoms with Gasteiger partial charge in [0.25, 0.3) is 0 Å². The third-order valence-electron chi connectivity index (χ3n) is 4.15. The van der Waals surface area contributed by atoms with Crippen LogP contribution >= 0.6 is 0 Å². The van der Waals surface area contributed by atoms with Crippen LogP contribution in [0.3, 0.4) is 0 Å². The molecule has 0 aliphatic carbocycles. The van der Waals surface area contributed by atoms with Crippen LogP contribution < -0.4 is 5.32 Å². The number of nitrogens with one attached hydrogen (secondary N) is 1. The Morgan fingerprint density at radius 2 is 2.25 bits per heavy atom. The van der Waals surface area contributed by atoms with E-state index in [9.17, 15) is 18.7 Å². The van der Waals surface area contributed by atoms with Crippen molar-refractivity contribution in [1.29, 1.82) is 0 Å². The first-order valence-electron chi connectivity index (χ1n) is 8.20. The summed E-state index contributed by atoms with van der Waals surface area (Å²) in [5.41, 5.74) is 0.257. The maximum atomic E-state index is 14.0. The van der Waals surface area contributed by atoms with E-state index in [0.29, 0.717) is 32.6 Å². The quantitative estimate of drug-likeness (QED) is 0.865. The van der Waals surface area contributed by atoms with Crippen LogP contribution in [0.25, 0.3) is 0 Å². The summed E-state index contributed by atoms with van der Waals surface area (Å²) in [6.07, 6.45) is 0.331. The van der Waals surface area contributed by atoms with E-state index in [1.165, 1.54) is 12.1 Å². The van der Waals surface area contributed by atoms with E-state index in [-0.39, 0.29) is 17.6 Å². The molecule has 0 aromatic heterocycles. The number of nitrogens with zero attached hydrogens (tertiary/aromatic N) is 1. The van der Waals surface area contributed by atoms with Gasteiger partial charge < -0.3 is 20.1 Å². The van der Waals surface area contributed by atoms with Gasteiger partial charge in [0, 0.05) is 18.2 Å². The average molecular weight is 342 g/mol. The van der Waals surface area contributed by atoms with Gasteiger partial charge in [-0.3, -0.25) is 0 Å². The zero-order chi connectivity index (χ0) is 17.7. The Balaban J connectivity index is 2.09. The lowest BCUT2D eigenvalue weighted by Crippen LogP contribution is -2.53. The SMILES string of the molecule is CC[C@H](NC(=O)N1CCOC[C@@H]1C[C@H](C)O)c1ccc(F)cc1F. The molecule has 0 saturated carbocycles. The second kappa shape index (κ2) is 8.39. The first-order valence-corrected chi connectivity index (χ1v) is 8.20. The Kier molecular flexibility index (Phi) is 6.51. The monoisotopic (exact) mass is 342 g/mol. The molecular formula is C17H24F2N2O3. The van der Waals surface area contributed by atoms with Gasteiger partial charge in [-0.05, 0) is 25.8 Å². The molecule has 2 rings (SSSR count). The molecule has 1 aliphatic heterocycles. The highest BCUT2D eigenvalue weighted by atomic mass is 19.1. The number of halogens is 2. The molecule has 134 valence electrons. The maximum absolute atomic E-state index is 14.0.